The molecular formula is C16H24N2O. The number of aliphatic hydroxyl groups is 1. The van der Waals surface area contributed by atoms with Crippen LogP contribution in [0.25, 0.3) is 0 Å². The fourth-order valence-corrected chi connectivity index (χ4v) is 3.53. The van der Waals surface area contributed by atoms with Gasteiger partial charge in [0.25, 0.3) is 0 Å². The molecule has 3 heteroatoms. The van der Waals surface area contributed by atoms with Gasteiger partial charge in [-0.3, -0.25) is 0 Å². The van der Waals surface area contributed by atoms with Crippen LogP contribution in [0.5, 0.6) is 0 Å². The first-order valence-corrected chi connectivity index (χ1v) is 7.48. The number of rotatable bonds is 5. The van der Waals surface area contributed by atoms with Gasteiger partial charge in [-0.1, -0.05) is 30.3 Å². The summed E-state index contributed by atoms with van der Waals surface area (Å²) < 4.78 is 0. The highest BCUT2D eigenvalue weighted by Gasteiger charge is 2.34. The Bertz CT molecular complexity index is 387. The summed E-state index contributed by atoms with van der Waals surface area (Å²) in [6.07, 6.45) is 3.56. The standard InChI is InChI=1S/C16H24N2O/c19-12-15(10-13-4-2-1-3-5-13)17-16-11-18-8-6-14(16)7-9-18/h1-5,14-17,19H,6-12H2/t15-,16?/m0/s1. The van der Waals surface area contributed by atoms with Crippen LogP contribution in [0.1, 0.15) is 18.4 Å². The van der Waals surface area contributed by atoms with Crippen molar-refractivity contribution >= 4 is 0 Å². The Kier molecular flexibility index (Phi) is 4.16. The minimum atomic E-state index is 0.188. The van der Waals surface area contributed by atoms with Gasteiger partial charge in [0, 0.05) is 18.6 Å². The first kappa shape index (κ1) is 13.1. The normalized spacial score (nSPS) is 31.3. The fraction of sp³-hybridized carbons (Fsp3) is 0.625. The molecule has 3 saturated heterocycles. The van der Waals surface area contributed by atoms with Crippen molar-refractivity contribution in [1.82, 2.24) is 10.2 Å². The monoisotopic (exact) mass is 260 g/mol. The van der Waals surface area contributed by atoms with Crippen molar-refractivity contribution < 1.29 is 5.11 Å². The molecule has 0 radical (unpaired) electrons. The van der Waals surface area contributed by atoms with Crippen molar-refractivity contribution in [2.75, 3.05) is 26.2 Å². The second-order valence-electron chi connectivity index (χ2n) is 5.98. The first-order chi connectivity index (χ1) is 9.35. The number of piperidine rings is 3. The molecule has 0 spiro atoms. The third kappa shape index (κ3) is 3.16. The van der Waals surface area contributed by atoms with Crippen LogP contribution in [-0.4, -0.2) is 48.3 Å². The molecule has 19 heavy (non-hydrogen) atoms. The third-order valence-corrected chi connectivity index (χ3v) is 4.65. The van der Waals surface area contributed by atoms with Crippen LogP contribution >= 0.6 is 0 Å². The summed E-state index contributed by atoms with van der Waals surface area (Å²) in [6, 6.07) is 11.2. The average molecular weight is 260 g/mol. The van der Waals surface area contributed by atoms with E-state index in [0.717, 1.165) is 18.9 Å². The lowest BCUT2D eigenvalue weighted by Gasteiger charge is -2.46. The number of aliphatic hydroxyl groups excluding tert-OH is 1. The van der Waals surface area contributed by atoms with Gasteiger partial charge in [0.2, 0.25) is 0 Å². The second kappa shape index (κ2) is 6.04. The molecule has 1 aromatic carbocycles. The maximum Gasteiger partial charge on any atom is 0.0587 e. The summed E-state index contributed by atoms with van der Waals surface area (Å²) in [4.78, 5) is 2.55. The summed E-state index contributed by atoms with van der Waals surface area (Å²) >= 11 is 0. The molecule has 0 saturated carbocycles. The van der Waals surface area contributed by atoms with E-state index in [1.165, 1.54) is 31.5 Å². The SMILES string of the molecule is OC[C@H](Cc1ccccc1)NC1CN2CCC1CC2. The topological polar surface area (TPSA) is 35.5 Å². The van der Waals surface area contributed by atoms with Gasteiger partial charge >= 0.3 is 0 Å². The zero-order chi connectivity index (χ0) is 13.1. The Balaban J connectivity index is 1.58. The summed E-state index contributed by atoms with van der Waals surface area (Å²) in [6.45, 7) is 3.92. The summed E-state index contributed by atoms with van der Waals surface area (Å²) in [5.74, 6) is 0.815. The van der Waals surface area contributed by atoms with Crippen molar-refractivity contribution in [2.24, 2.45) is 5.92 Å². The number of nitrogens with zero attached hydrogens (tertiary/aromatic N) is 1. The first-order valence-electron chi connectivity index (χ1n) is 7.48. The Labute approximate surface area is 115 Å². The lowest BCUT2D eigenvalue weighted by atomic mass is 9.83. The van der Waals surface area contributed by atoms with E-state index in [0.29, 0.717) is 6.04 Å². The van der Waals surface area contributed by atoms with Crippen molar-refractivity contribution in [1.29, 1.82) is 0 Å². The van der Waals surface area contributed by atoms with Crippen molar-refractivity contribution in [2.45, 2.75) is 31.3 Å². The van der Waals surface area contributed by atoms with Gasteiger partial charge in [-0.15, -0.1) is 0 Å². The molecule has 0 aliphatic carbocycles. The number of hydrogen-bond donors (Lipinski definition) is 2. The quantitative estimate of drug-likeness (QED) is 0.837. The highest BCUT2D eigenvalue weighted by molar-refractivity contribution is 5.16. The van der Waals surface area contributed by atoms with Gasteiger partial charge < -0.3 is 15.3 Å². The maximum absolute atomic E-state index is 9.61. The fourth-order valence-electron chi connectivity index (χ4n) is 3.53. The lowest BCUT2D eigenvalue weighted by molar-refractivity contribution is 0.0616. The molecule has 104 valence electrons. The molecule has 0 aromatic heterocycles. The molecule has 3 nitrogen and oxygen atoms in total. The van der Waals surface area contributed by atoms with Crippen LogP contribution < -0.4 is 5.32 Å². The second-order valence-corrected chi connectivity index (χ2v) is 5.98. The van der Waals surface area contributed by atoms with E-state index in [-0.39, 0.29) is 12.6 Å². The van der Waals surface area contributed by atoms with Gasteiger partial charge in [0.05, 0.1) is 6.61 Å². The molecule has 3 fully saturated rings. The number of fused-ring (bicyclic) bond motifs is 3. The molecule has 2 N–H and O–H groups in total. The highest BCUT2D eigenvalue weighted by Crippen LogP contribution is 2.27. The maximum atomic E-state index is 9.61. The molecule has 4 rings (SSSR count). The van der Waals surface area contributed by atoms with Crippen LogP contribution in [0.3, 0.4) is 0 Å². The van der Waals surface area contributed by atoms with Gasteiger partial charge in [-0.2, -0.15) is 0 Å². The smallest absolute Gasteiger partial charge is 0.0587 e. The average Bonchev–Trinajstić information content (AvgIpc) is 2.49. The largest absolute Gasteiger partial charge is 0.395 e. The molecule has 1 aromatic rings. The Morgan fingerprint density at radius 1 is 1.21 bits per heavy atom. The zero-order valence-electron chi connectivity index (χ0n) is 11.5. The van der Waals surface area contributed by atoms with E-state index in [9.17, 15) is 5.11 Å². The van der Waals surface area contributed by atoms with Gasteiger partial charge in [0.1, 0.15) is 0 Å². The Morgan fingerprint density at radius 2 is 1.95 bits per heavy atom. The van der Waals surface area contributed by atoms with Crippen LogP contribution in [-0.2, 0) is 6.42 Å². The van der Waals surface area contributed by atoms with Gasteiger partial charge in [-0.25, -0.2) is 0 Å². The third-order valence-electron chi connectivity index (χ3n) is 4.65. The Morgan fingerprint density at radius 3 is 2.53 bits per heavy atom. The summed E-state index contributed by atoms with van der Waals surface area (Å²) in [5.41, 5.74) is 1.30. The molecule has 3 aliphatic heterocycles. The highest BCUT2D eigenvalue weighted by atomic mass is 16.3. The van der Waals surface area contributed by atoms with E-state index in [2.05, 4.69) is 34.5 Å². The Hall–Kier alpha value is -0.900. The van der Waals surface area contributed by atoms with E-state index in [4.69, 9.17) is 0 Å². The summed E-state index contributed by atoms with van der Waals surface area (Å²) in [7, 11) is 0. The van der Waals surface area contributed by atoms with Crippen molar-refractivity contribution in [3.63, 3.8) is 0 Å². The molecule has 0 amide bonds. The zero-order valence-corrected chi connectivity index (χ0v) is 11.5. The van der Waals surface area contributed by atoms with Crippen molar-refractivity contribution in [3.05, 3.63) is 35.9 Å². The molecular weight excluding hydrogens is 236 g/mol. The predicted molar refractivity (Wildman–Crippen MR) is 77.1 cm³/mol. The van der Waals surface area contributed by atoms with Crippen LogP contribution in [0.4, 0.5) is 0 Å². The van der Waals surface area contributed by atoms with E-state index >= 15 is 0 Å². The predicted octanol–water partition coefficient (Wildman–Crippen LogP) is 1.27. The molecule has 2 bridgehead atoms. The molecule has 2 atom stereocenters. The van der Waals surface area contributed by atoms with Gasteiger partial charge in [0.15, 0.2) is 0 Å². The van der Waals surface area contributed by atoms with Gasteiger partial charge in [-0.05, 0) is 43.8 Å². The van der Waals surface area contributed by atoms with E-state index in [1.54, 1.807) is 0 Å². The minimum Gasteiger partial charge on any atom is -0.395 e. The van der Waals surface area contributed by atoms with E-state index < -0.39 is 0 Å². The number of benzene rings is 1. The number of hydrogen-bond acceptors (Lipinski definition) is 3. The van der Waals surface area contributed by atoms with Crippen LogP contribution in [0, 0.1) is 5.92 Å². The molecule has 3 heterocycles. The molecule has 3 aliphatic rings. The van der Waals surface area contributed by atoms with Crippen molar-refractivity contribution in [3.8, 4) is 0 Å². The van der Waals surface area contributed by atoms with E-state index in [1.807, 2.05) is 6.07 Å². The number of nitrogens with one attached hydrogen (secondary N) is 1. The van der Waals surface area contributed by atoms with Crippen LogP contribution in [0.15, 0.2) is 30.3 Å². The molecule has 1 unspecified atom stereocenters. The van der Waals surface area contributed by atoms with Crippen LogP contribution in [0.2, 0.25) is 0 Å². The summed E-state index contributed by atoms with van der Waals surface area (Å²) in [5, 5.41) is 13.3. The minimum absolute atomic E-state index is 0.188. The lowest BCUT2D eigenvalue weighted by Crippen LogP contribution is -2.58.